The minimum absolute atomic E-state index is 0.566. The zero-order valence-electron chi connectivity index (χ0n) is 18.8. The van der Waals surface area contributed by atoms with Crippen molar-refractivity contribution in [1.82, 2.24) is 29.9 Å². The van der Waals surface area contributed by atoms with Gasteiger partial charge in [0.15, 0.2) is 11.8 Å². The van der Waals surface area contributed by atoms with Gasteiger partial charge in [0.2, 0.25) is 0 Å². The fourth-order valence-electron chi connectivity index (χ4n) is 4.26. The Balaban J connectivity index is 1.37. The lowest BCUT2D eigenvalue weighted by Crippen LogP contribution is -2.52. The van der Waals surface area contributed by atoms with Crippen LogP contribution in [-0.2, 0) is 26.1 Å². The maximum Gasteiger partial charge on any atom is 0.194 e. The number of piperazine rings is 1. The molecular weight excluding hydrogens is 394 g/mol. The highest BCUT2D eigenvalue weighted by Crippen LogP contribution is 2.25. The van der Waals surface area contributed by atoms with Crippen molar-refractivity contribution in [1.29, 1.82) is 0 Å². The number of fused-ring (bicyclic) bond motifs is 1. The van der Waals surface area contributed by atoms with Crippen molar-refractivity contribution in [3.8, 4) is 11.5 Å². The predicted molar refractivity (Wildman–Crippen MR) is 120 cm³/mol. The molecule has 0 bridgehead atoms. The van der Waals surface area contributed by atoms with E-state index in [-0.39, 0.29) is 0 Å². The lowest BCUT2D eigenvalue weighted by Gasteiger charge is -2.36. The summed E-state index contributed by atoms with van der Waals surface area (Å²) in [6.07, 6.45) is 2.18. The number of rotatable bonds is 7. The van der Waals surface area contributed by atoms with Gasteiger partial charge in [-0.2, -0.15) is 0 Å². The third-order valence-corrected chi connectivity index (χ3v) is 5.94. The first kappa shape index (κ1) is 21.4. The Morgan fingerprint density at radius 1 is 1.10 bits per heavy atom. The zero-order valence-corrected chi connectivity index (χ0v) is 18.8. The van der Waals surface area contributed by atoms with E-state index in [4.69, 9.17) is 14.5 Å². The van der Waals surface area contributed by atoms with Gasteiger partial charge in [-0.15, -0.1) is 10.2 Å². The normalized spacial score (nSPS) is 17.0. The zero-order chi connectivity index (χ0) is 21.6. The van der Waals surface area contributed by atoms with Crippen molar-refractivity contribution in [2.24, 2.45) is 4.99 Å². The summed E-state index contributed by atoms with van der Waals surface area (Å²) in [5.74, 6) is 4.77. The number of aryl methyl sites for hydroxylation is 1. The summed E-state index contributed by atoms with van der Waals surface area (Å²) in [5, 5.41) is 12.1. The summed E-state index contributed by atoms with van der Waals surface area (Å²) in [6, 6.07) is 5.97. The summed E-state index contributed by atoms with van der Waals surface area (Å²) in [5.41, 5.74) is 1.15. The van der Waals surface area contributed by atoms with Gasteiger partial charge in [0, 0.05) is 57.8 Å². The monoisotopic (exact) mass is 427 g/mol. The van der Waals surface area contributed by atoms with Gasteiger partial charge >= 0.3 is 0 Å². The van der Waals surface area contributed by atoms with E-state index in [1.807, 2.05) is 12.1 Å². The Bertz CT molecular complexity index is 903. The number of aromatic nitrogens is 3. The average Bonchev–Trinajstić information content (AvgIpc) is 3.42. The standard InChI is InChI=1S/C22H33N7O2/c1-4-23-22(24-15-21-26-25-20-6-5-9-29(20)21)28-12-10-27(11-13-28)16-17-14-18(30-2)7-8-19(17)31-3/h7-8,14H,4-6,9-13,15-16H2,1-3H3,(H,23,24). The Labute approximate surface area is 184 Å². The lowest BCUT2D eigenvalue weighted by atomic mass is 10.1. The van der Waals surface area contributed by atoms with Gasteiger partial charge in [0.05, 0.1) is 14.2 Å². The van der Waals surface area contributed by atoms with Crippen LogP contribution in [0.15, 0.2) is 23.2 Å². The number of hydrogen-bond donors (Lipinski definition) is 1. The molecule has 2 aromatic rings. The van der Waals surface area contributed by atoms with Gasteiger partial charge in [-0.3, -0.25) is 4.90 Å². The van der Waals surface area contributed by atoms with Gasteiger partial charge in [-0.1, -0.05) is 0 Å². The highest BCUT2D eigenvalue weighted by molar-refractivity contribution is 5.80. The maximum atomic E-state index is 5.54. The fourth-order valence-corrected chi connectivity index (χ4v) is 4.26. The molecule has 1 aromatic carbocycles. The Morgan fingerprint density at radius 3 is 2.68 bits per heavy atom. The summed E-state index contributed by atoms with van der Waals surface area (Å²) < 4.78 is 13.1. The van der Waals surface area contributed by atoms with Crippen LogP contribution < -0.4 is 14.8 Å². The van der Waals surface area contributed by atoms with E-state index in [1.54, 1.807) is 14.2 Å². The summed E-state index contributed by atoms with van der Waals surface area (Å²) in [4.78, 5) is 9.65. The average molecular weight is 428 g/mol. The predicted octanol–water partition coefficient (Wildman–Crippen LogP) is 1.52. The molecule has 4 rings (SSSR count). The molecule has 0 amide bonds. The topological polar surface area (TPSA) is 80.0 Å². The van der Waals surface area contributed by atoms with Crippen LogP contribution in [-0.4, -0.2) is 77.5 Å². The number of hydrogen-bond acceptors (Lipinski definition) is 6. The molecule has 2 aliphatic heterocycles. The van der Waals surface area contributed by atoms with Crippen LogP contribution in [0.1, 0.15) is 30.6 Å². The number of guanidine groups is 1. The number of nitrogens with zero attached hydrogens (tertiary/aromatic N) is 6. The third-order valence-electron chi connectivity index (χ3n) is 5.94. The van der Waals surface area contributed by atoms with Gasteiger partial charge in [-0.25, -0.2) is 4.99 Å². The van der Waals surface area contributed by atoms with Gasteiger partial charge in [0.1, 0.15) is 23.9 Å². The van der Waals surface area contributed by atoms with Crippen molar-refractivity contribution in [2.75, 3.05) is 46.9 Å². The molecule has 168 valence electrons. The van der Waals surface area contributed by atoms with E-state index in [0.717, 1.165) is 93.3 Å². The number of aliphatic imine (C=N–C) groups is 1. The molecule has 0 radical (unpaired) electrons. The van der Waals surface area contributed by atoms with Crippen LogP contribution in [0.5, 0.6) is 11.5 Å². The Hall–Kier alpha value is -2.81. The Kier molecular flexibility index (Phi) is 6.91. The SMILES string of the molecule is CCNC(=NCc1nnc2n1CCC2)N1CCN(Cc2cc(OC)ccc2OC)CC1. The Morgan fingerprint density at radius 2 is 1.94 bits per heavy atom. The van der Waals surface area contributed by atoms with Crippen molar-refractivity contribution < 1.29 is 9.47 Å². The van der Waals surface area contributed by atoms with E-state index < -0.39 is 0 Å². The van der Waals surface area contributed by atoms with Crippen LogP contribution in [0.25, 0.3) is 0 Å². The minimum Gasteiger partial charge on any atom is -0.497 e. The minimum atomic E-state index is 0.566. The quantitative estimate of drug-likeness (QED) is 0.530. The van der Waals surface area contributed by atoms with E-state index in [1.165, 1.54) is 0 Å². The van der Waals surface area contributed by atoms with E-state index in [2.05, 4.69) is 42.9 Å². The van der Waals surface area contributed by atoms with Crippen LogP contribution in [0.3, 0.4) is 0 Å². The molecule has 2 aliphatic rings. The number of methoxy groups -OCH3 is 2. The highest BCUT2D eigenvalue weighted by Gasteiger charge is 2.22. The highest BCUT2D eigenvalue weighted by atomic mass is 16.5. The van der Waals surface area contributed by atoms with Crippen molar-refractivity contribution in [2.45, 2.75) is 39.4 Å². The molecule has 1 fully saturated rings. The summed E-state index contributed by atoms with van der Waals surface area (Å²) in [7, 11) is 3.41. The molecule has 0 atom stereocenters. The van der Waals surface area contributed by atoms with E-state index in [0.29, 0.717) is 6.54 Å². The maximum absolute atomic E-state index is 5.54. The molecule has 31 heavy (non-hydrogen) atoms. The first-order chi connectivity index (χ1) is 15.2. The van der Waals surface area contributed by atoms with Crippen LogP contribution in [0.2, 0.25) is 0 Å². The number of ether oxygens (including phenoxy) is 2. The first-order valence-corrected chi connectivity index (χ1v) is 11.1. The van der Waals surface area contributed by atoms with Crippen molar-refractivity contribution in [3.63, 3.8) is 0 Å². The van der Waals surface area contributed by atoms with E-state index in [9.17, 15) is 0 Å². The molecule has 0 aliphatic carbocycles. The summed E-state index contributed by atoms with van der Waals surface area (Å²) in [6.45, 7) is 9.15. The number of nitrogens with one attached hydrogen (secondary N) is 1. The second-order valence-corrected chi connectivity index (χ2v) is 7.90. The second kappa shape index (κ2) is 10.00. The molecule has 9 heteroatoms. The largest absolute Gasteiger partial charge is 0.497 e. The van der Waals surface area contributed by atoms with Gasteiger partial charge in [-0.05, 0) is 31.5 Å². The van der Waals surface area contributed by atoms with Gasteiger partial charge < -0.3 is 24.3 Å². The van der Waals surface area contributed by atoms with Crippen molar-refractivity contribution in [3.05, 3.63) is 35.4 Å². The fraction of sp³-hybridized carbons (Fsp3) is 0.591. The van der Waals surface area contributed by atoms with Crippen LogP contribution in [0.4, 0.5) is 0 Å². The first-order valence-electron chi connectivity index (χ1n) is 11.1. The molecule has 3 heterocycles. The molecule has 1 N–H and O–H groups in total. The smallest absolute Gasteiger partial charge is 0.194 e. The third kappa shape index (κ3) is 4.92. The molecule has 1 saturated heterocycles. The lowest BCUT2D eigenvalue weighted by molar-refractivity contribution is 0.171. The van der Waals surface area contributed by atoms with Crippen LogP contribution >= 0.6 is 0 Å². The van der Waals surface area contributed by atoms with Crippen molar-refractivity contribution >= 4 is 5.96 Å². The molecule has 9 nitrogen and oxygen atoms in total. The molecule has 0 saturated carbocycles. The molecule has 0 unspecified atom stereocenters. The molecular formula is C22H33N7O2. The molecule has 1 aromatic heterocycles. The summed E-state index contributed by atoms with van der Waals surface area (Å²) >= 11 is 0. The van der Waals surface area contributed by atoms with E-state index >= 15 is 0 Å². The second-order valence-electron chi connectivity index (χ2n) is 7.90. The van der Waals surface area contributed by atoms with Gasteiger partial charge in [0.25, 0.3) is 0 Å². The van der Waals surface area contributed by atoms with Crippen LogP contribution in [0, 0.1) is 0 Å². The number of benzene rings is 1. The molecule has 0 spiro atoms.